The average Bonchev–Trinajstić information content (AvgIpc) is 3.04. The van der Waals surface area contributed by atoms with Gasteiger partial charge in [0.2, 0.25) is 0 Å². The molecular formula is C16H15ClN2S. The van der Waals surface area contributed by atoms with Crippen molar-refractivity contribution >= 4 is 11.3 Å². The highest BCUT2D eigenvalue weighted by Crippen LogP contribution is 2.34. The molecule has 2 N–H and O–H groups in total. The molecule has 2 heterocycles. The van der Waals surface area contributed by atoms with E-state index in [-0.39, 0.29) is 12.4 Å². The number of imidazole rings is 1. The number of benzene rings is 1. The Morgan fingerprint density at radius 1 is 1.10 bits per heavy atom. The summed E-state index contributed by atoms with van der Waals surface area (Å²) in [5.74, 6) is 1.13. The van der Waals surface area contributed by atoms with Gasteiger partial charge in [0.15, 0.2) is 5.69 Å². The second-order valence-corrected chi connectivity index (χ2v) is 6.05. The van der Waals surface area contributed by atoms with Gasteiger partial charge >= 0.3 is 0 Å². The van der Waals surface area contributed by atoms with E-state index in [2.05, 4.69) is 52.6 Å². The highest BCUT2D eigenvalue weighted by atomic mass is 35.5. The third-order valence-corrected chi connectivity index (χ3v) is 4.84. The smallest absolute Gasteiger partial charge is 0.285 e. The van der Waals surface area contributed by atoms with Gasteiger partial charge in [-0.2, -0.15) is 0 Å². The zero-order valence-electron chi connectivity index (χ0n) is 11.2. The molecule has 0 atom stereocenters. The Labute approximate surface area is 128 Å². The predicted octanol–water partition coefficient (Wildman–Crippen LogP) is 0.635. The molecule has 1 aliphatic rings. The first-order valence-electron chi connectivity index (χ1n) is 6.60. The maximum Gasteiger partial charge on any atom is 0.285 e. The quantitative estimate of drug-likeness (QED) is 0.684. The van der Waals surface area contributed by atoms with Gasteiger partial charge in [0.05, 0.1) is 5.56 Å². The van der Waals surface area contributed by atoms with Gasteiger partial charge in [-0.25, -0.2) is 9.97 Å². The molecule has 1 aromatic carbocycles. The fourth-order valence-electron chi connectivity index (χ4n) is 2.85. The molecule has 3 aromatic rings. The normalized spacial score (nSPS) is 12.4. The molecule has 0 saturated heterocycles. The van der Waals surface area contributed by atoms with Crippen LogP contribution in [-0.2, 0) is 12.8 Å². The number of aromatic amines is 2. The maximum atomic E-state index is 3.58. The van der Waals surface area contributed by atoms with E-state index in [1.165, 1.54) is 33.0 Å². The van der Waals surface area contributed by atoms with Gasteiger partial charge in [-0.3, -0.25) is 0 Å². The van der Waals surface area contributed by atoms with E-state index in [1.54, 1.807) is 0 Å². The van der Waals surface area contributed by atoms with Crippen LogP contribution in [0.4, 0.5) is 0 Å². The van der Waals surface area contributed by atoms with E-state index >= 15 is 0 Å². The fourth-order valence-corrected chi connectivity index (χ4v) is 3.73. The highest BCUT2D eigenvalue weighted by molar-refractivity contribution is 7.10. The number of nitrogens with one attached hydrogen (secondary N) is 2. The number of thiophene rings is 1. The molecule has 4 heteroatoms. The van der Waals surface area contributed by atoms with E-state index in [4.69, 9.17) is 0 Å². The molecule has 20 heavy (non-hydrogen) atoms. The fraction of sp³-hybridized carbons (Fsp3) is 0.188. The summed E-state index contributed by atoms with van der Waals surface area (Å²) in [6.45, 7) is 2.15. The minimum Gasteiger partial charge on any atom is -1.00 e. The molecule has 102 valence electrons. The summed E-state index contributed by atoms with van der Waals surface area (Å²) in [5.41, 5.74) is 6.55. The Balaban J connectivity index is 0.00000121. The summed E-state index contributed by atoms with van der Waals surface area (Å²) in [6.07, 6.45) is 2.26. The van der Waals surface area contributed by atoms with Gasteiger partial charge in [-0.15, -0.1) is 11.3 Å². The largest absolute Gasteiger partial charge is 1.00 e. The Kier molecular flexibility index (Phi) is 3.40. The molecule has 0 fully saturated rings. The van der Waals surface area contributed by atoms with E-state index in [0.29, 0.717) is 0 Å². The Hall–Kier alpha value is -1.58. The van der Waals surface area contributed by atoms with Crippen molar-refractivity contribution in [2.45, 2.75) is 19.8 Å². The van der Waals surface area contributed by atoms with Crippen LogP contribution in [0.25, 0.3) is 22.6 Å². The molecule has 0 radical (unpaired) electrons. The first-order chi connectivity index (χ1) is 9.33. The van der Waals surface area contributed by atoms with Crippen molar-refractivity contribution in [3.8, 4) is 22.6 Å². The third-order valence-electron chi connectivity index (χ3n) is 3.86. The molecule has 4 rings (SSSR count). The van der Waals surface area contributed by atoms with Crippen LogP contribution >= 0.6 is 11.3 Å². The van der Waals surface area contributed by atoms with Crippen LogP contribution in [-0.4, -0.2) is 4.98 Å². The van der Waals surface area contributed by atoms with Gasteiger partial charge in [0.1, 0.15) is 5.69 Å². The van der Waals surface area contributed by atoms with Crippen LogP contribution in [0.15, 0.2) is 35.7 Å². The van der Waals surface area contributed by atoms with E-state index in [0.717, 1.165) is 18.7 Å². The van der Waals surface area contributed by atoms with Crippen molar-refractivity contribution in [3.63, 3.8) is 0 Å². The number of H-pyrrole nitrogens is 2. The number of fused-ring (bicyclic) bond motifs is 3. The van der Waals surface area contributed by atoms with E-state index in [1.807, 2.05) is 11.3 Å². The summed E-state index contributed by atoms with van der Waals surface area (Å²) in [4.78, 5) is 8.65. The summed E-state index contributed by atoms with van der Waals surface area (Å²) in [6, 6.07) is 10.7. The minimum absolute atomic E-state index is 0. The Morgan fingerprint density at radius 3 is 2.80 bits per heavy atom. The lowest BCUT2D eigenvalue weighted by atomic mass is 10.0. The third kappa shape index (κ3) is 1.98. The lowest BCUT2D eigenvalue weighted by Gasteiger charge is -2.05. The molecule has 2 aromatic heterocycles. The van der Waals surface area contributed by atoms with Crippen molar-refractivity contribution in [1.82, 2.24) is 4.98 Å². The van der Waals surface area contributed by atoms with Crippen molar-refractivity contribution in [1.29, 1.82) is 0 Å². The summed E-state index contributed by atoms with van der Waals surface area (Å²) < 4.78 is 0. The van der Waals surface area contributed by atoms with Crippen LogP contribution in [0.3, 0.4) is 0 Å². The Morgan fingerprint density at radius 2 is 1.95 bits per heavy atom. The van der Waals surface area contributed by atoms with Crippen molar-refractivity contribution in [2.75, 3.05) is 0 Å². The summed E-state index contributed by atoms with van der Waals surface area (Å²) in [7, 11) is 0. The number of aryl methyl sites for hydroxylation is 3. The van der Waals surface area contributed by atoms with Crippen LogP contribution in [0.5, 0.6) is 0 Å². The van der Waals surface area contributed by atoms with Gasteiger partial charge < -0.3 is 12.4 Å². The Bertz CT molecular complexity index is 757. The maximum absolute atomic E-state index is 3.58. The SMILES string of the molecule is Cc1ccccc1-c1[nH]c2c([nH+]1)-c1ccsc1CC2.[Cl-]. The second-order valence-electron chi connectivity index (χ2n) is 5.05. The number of halogens is 1. The van der Waals surface area contributed by atoms with Gasteiger partial charge in [0, 0.05) is 16.9 Å². The average molecular weight is 303 g/mol. The van der Waals surface area contributed by atoms with Crippen molar-refractivity contribution < 1.29 is 17.4 Å². The molecular weight excluding hydrogens is 288 g/mol. The zero-order valence-corrected chi connectivity index (χ0v) is 12.7. The summed E-state index contributed by atoms with van der Waals surface area (Å²) >= 11 is 1.86. The highest BCUT2D eigenvalue weighted by Gasteiger charge is 2.26. The molecule has 0 aliphatic heterocycles. The second kappa shape index (κ2) is 5.08. The standard InChI is InChI=1S/C16H14N2S.ClH/c1-10-4-2-3-5-11(10)16-17-13-6-7-14-12(8-9-19-14)15(13)18-16;/h2-5,8-9H,6-7H2,1H3,(H,17,18);1H. The number of aromatic nitrogens is 2. The monoisotopic (exact) mass is 302 g/mol. The van der Waals surface area contributed by atoms with Crippen LogP contribution in [0.2, 0.25) is 0 Å². The van der Waals surface area contributed by atoms with Crippen LogP contribution in [0.1, 0.15) is 16.1 Å². The molecule has 0 unspecified atom stereocenters. The van der Waals surface area contributed by atoms with E-state index in [9.17, 15) is 0 Å². The van der Waals surface area contributed by atoms with E-state index < -0.39 is 0 Å². The molecule has 2 nitrogen and oxygen atoms in total. The molecule has 1 aliphatic carbocycles. The lowest BCUT2D eigenvalue weighted by molar-refractivity contribution is -0.349. The summed E-state index contributed by atoms with van der Waals surface area (Å²) in [5, 5.41) is 2.19. The lowest BCUT2D eigenvalue weighted by Crippen LogP contribution is -3.00. The molecule has 0 bridgehead atoms. The van der Waals surface area contributed by atoms with Gasteiger partial charge in [-0.1, -0.05) is 18.2 Å². The van der Waals surface area contributed by atoms with Gasteiger partial charge in [0.25, 0.3) is 5.82 Å². The molecule has 0 spiro atoms. The predicted molar refractivity (Wildman–Crippen MR) is 78.2 cm³/mol. The minimum atomic E-state index is 0. The first kappa shape index (κ1) is 13.4. The number of hydrogen-bond acceptors (Lipinski definition) is 1. The van der Waals surface area contributed by atoms with Crippen molar-refractivity contribution in [3.05, 3.63) is 51.8 Å². The molecule has 0 amide bonds. The van der Waals surface area contributed by atoms with Crippen molar-refractivity contribution in [2.24, 2.45) is 0 Å². The number of hydrogen-bond donors (Lipinski definition) is 1. The van der Waals surface area contributed by atoms with Gasteiger partial charge in [-0.05, 0) is 36.4 Å². The number of rotatable bonds is 1. The first-order valence-corrected chi connectivity index (χ1v) is 7.48. The topological polar surface area (TPSA) is 29.9 Å². The van der Waals surface area contributed by atoms with Crippen LogP contribution in [0, 0.1) is 6.92 Å². The molecule has 0 saturated carbocycles. The zero-order chi connectivity index (χ0) is 12.8. The van der Waals surface area contributed by atoms with Crippen LogP contribution < -0.4 is 17.4 Å².